The zero-order valence-corrected chi connectivity index (χ0v) is 12.4. The maximum atomic E-state index is 10.4. The highest BCUT2D eigenvalue weighted by atomic mass is 35.5. The zero-order chi connectivity index (χ0) is 14.9. The van der Waals surface area contributed by atoms with Gasteiger partial charge in [0.2, 0.25) is 6.20 Å². The van der Waals surface area contributed by atoms with E-state index in [1.165, 1.54) is 6.08 Å². The highest BCUT2D eigenvalue weighted by Gasteiger charge is 2.10. The van der Waals surface area contributed by atoms with Gasteiger partial charge in [-0.25, -0.2) is 0 Å². The molecule has 0 fully saturated rings. The zero-order valence-electron chi connectivity index (χ0n) is 10.9. The molecule has 0 spiro atoms. The van der Waals surface area contributed by atoms with Crippen molar-refractivity contribution in [2.75, 3.05) is 0 Å². The topological polar surface area (TPSA) is 48.1 Å². The highest BCUT2D eigenvalue weighted by molar-refractivity contribution is 6.42. The van der Waals surface area contributed by atoms with Gasteiger partial charge in [-0.05, 0) is 38.1 Å². The van der Waals surface area contributed by atoms with Crippen LogP contribution in [0.2, 0.25) is 10.0 Å². The van der Waals surface area contributed by atoms with Crippen LogP contribution in [0.5, 0.6) is 0 Å². The van der Waals surface area contributed by atoms with E-state index in [9.17, 15) is 10.1 Å². The van der Waals surface area contributed by atoms with Crippen molar-refractivity contribution in [3.63, 3.8) is 0 Å². The Hall–Kier alpha value is -1.78. The van der Waals surface area contributed by atoms with Gasteiger partial charge in [0.05, 0.1) is 15.0 Å². The number of hydrogen-bond donors (Lipinski definition) is 0. The van der Waals surface area contributed by atoms with Crippen LogP contribution in [0.15, 0.2) is 30.5 Å². The predicted octanol–water partition coefficient (Wildman–Crippen LogP) is 4.65. The minimum atomic E-state index is -0.481. The van der Waals surface area contributed by atoms with E-state index in [0.29, 0.717) is 10.0 Å². The molecule has 0 aliphatic rings. The molecule has 0 aliphatic carbocycles. The Kier molecular flexibility index (Phi) is 4.16. The molecule has 2 rings (SSSR count). The Morgan fingerprint density at radius 1 is 1.20 bits per heavy atom. The van der Waals surface area contributed by atoms with E-state index in [0.717, 1.165) is 28.8 Å². The smallest absolute Gasteiger partial charge is 0.235 e. The summed E-state index contributed by atoms with van der Waals surface area (Å²) in [6, 6.07) is 7.24. The van der Waals surface area contributed by atoms with Gasteiger partial charge in [-0.2, -0.15) is 0 Å². The molecule has 0 N–H and O–H groups in total. The van der Waals surface area contributed by atoms with E-state index in [4.69, 9.17) is 23.2 Å². The summed E-state index contributed by atoms with van der Waals surface area (Å²) < 4.78 is 1.97. The van der Waals surface area contributed by atoms with Crippen LogP contribution in [0.4, 0.5) is 0 Å². The van der Waals surface area contributed by atoms with E-state index in [1.54, 1.807) is 12.1 Å². The van der Waals surface area contributed by atoms with Gasteiger partial charge in [0.25, 0.3) is 0 Å². The fourth-order valence-corrected chi connectivity index (χ4v) is 2.41. The average Bonchev–Trinajstić information content (AvgIpc) is 2.65. The summed E-state index contributed by atoms with van der Waals surface area (Å²) in [6.45, 7) is 3.83. The Bertz CT molecular complexity index is 705. The summed E-state index contributed by atoms with van der Waals surface area (Å²) in [4.78, 5) is 9.93. The van der Waals surface area contributed by atoms with Gasteiger partial charge < -0.3 is 4.57 Å². The summed E-state index contributed by atoms with van der Waals surface area (Å²) in [7, 11) is 0. The third-order valence-corrected chi connectivity index (χ3v) is 3.75. The summed E-state index contributed by atoms with van der Waals surface area (Å²) >= 11 is 11.9. The van der Waals surface area contributed by atoms with Crippen LogP contribution >= 0.6 is 23.2 Å². The van der Waals surface area contributed by atoms with E-state index in [-0.39, 0.29) is 0 Å². The molecule has 20 heavy (non-hydrogen) atoms. The third kappa shape index (κ3) is 2.86. The second-order valence-electron chi connectivity index (χ2n) is 4.36. The van der Waals surface area contributed by atoms with E-state index >= 15 is 0 Å². The monoisotopic (exact) mass is 310 g/mol. The molecule has 1 aromatic heterocycles. The summed E-state index contributed by atoms with van der Waals surface area (Å²) in [6.07, 6.45) is 2.41. The lowest BCUT2D eigenvalue weighted by Gasteiger charge is -2.10. The largest absolute Gasteiger partial charge is 0.318 e. The van der Waals surface area contributed by atoms with Gasteiger partial charge in [-0.1, -0.05) is 23.2 Å². The van der Waals surface area contributed by atoms with Crippen molar-refractivity contribution in [1.82, 2.24) is 4.57 Å². The third-order valence-electron chi connectivity index (χ3n) is 3.01. The van der Waals surface area contributed by atoms with Crippen LogP contribution in [0.25, 0.3) is 11.8 Å². The van der Waals surface area contributed by atoms with Crippen LogP contribution in [-0.2, 0) is 0 Å². The van der Waals surface area contributed by atoms with Crippen molar-refractivity contribution in [3.05, 3.63) is 67.6 Å². The lowest BCUT2D eigenvalue weighted by atomic mass is 10.2. The molecule has 104 valence electrons. The van der Waals surface area contributed by atoms with Crippen molar-refractivity contribution in [2.45, 2.75) is 13.8 Å². The Labute approximate surface area is 126 Å². The van der Waals surface area contributed by atoms with Crippen molar-refractivity contribution in [1.29, 1.82) is 0 Å². The van der Waals surface area contributed by atoms with Crippen molar-refractivity contribution in [2.24, 2.45) is 0 Å². The molecule has 0 unspecified atom stereocenters. The lowest BCUT2D eigenvalue weighted by molar-refractivity contribution is -0.400. The number of nitro groups is 1. The normalized spacial score (nSPS) is 11.2. The SMILES string of the molecule is Cc1cc(/C=C/[N+](=O)[O-])c(C)n1-c1ccc(Cl)c(Cl)c1. The molecule has 0 amide bonds. The average molecular weight is 311 g/mol. The molecule has 0 bridgehead atoms. The second-order valence-corrected chi connectivity index (χ2v) is 5.18. The predicted molar refractivity (Wildman–Crippen MR) is 81.3 cm³/mol. The van der Waals surface area contributed by atoms with Gasteiger partial charge in [-0.3, -0.25) is 10.1 Å². The molecule has 0 saturated heterocycles. The van der Waals surface area contributed by atoms with Crippen LogP contribution < -0.4 is 0 Å². The molecule has 1 heterocycles. The molecule has 6 heteroatoms. The maximum absolute atomic E-state index is 10.4. The lowest BCUT2D eigenvalue weighted by Crippen LogP contribution is -1.99. The van der Waals surface area contributed by atoms with E-state index < -0.39 is 4.92 Å². The number of halogens is 2. The van der Waals surface area contributed by atoms with Crippen molar-refractivity contribution < 1.29 is 4.92 Å². The van der Waals surface area contributed by atoms with E-state index in [1.807, 2.05) is 30.5 Å². The molecule has 4 nitrogen and oxygen atoms in total. The quantitative estimate of drug-likeness (QED) is 0.612. The first-order chi connectivity index (χ1) is 9.40. The number of aryl methyl sites for hydroxylation is 1. The first-order valence-corrected chi connectivity index (χ1v) is 6.62. The summed E-state index contributed by atoms with van der Waals surface area (Å²) in [5.41, 5.74) is 3.53. The molecular formula is C14H12Cl2N2O2. The number of hydrogen-bond acceptors (Lipinski definition) is 2. The van der Waals surface area contributed by atoms with Gasteiger partial charge >= 0.3 is 0 Å². The molecular weight excluding hydrogens is 299 g/mol. The Morgan fingerprint density at radius 2 is 1.90 bits per heavy atom. The molecule has 0 aliphatic heterocycles. The molecule has 0 atom stereocenters. The molecule has 0 radical (unpaired) electrons. The first-order valence-electron chi connectivity index (χ1n) is 5.86. The molecule has 0 saturated carbocycles. The van der Waals surface area contributed by atoms with E-state index in [2.05, 4.69) is 0 Å². The molecule has 2 aromatic rings. The fraction of sp³-hybridized carbons (Fsp3) is 0.143. The van der Waals surface area contributed by atoms with Crippen LogP contribution in [-0.4, -0.2) is 9.49 Å². The Balaban J connectivity index is 2.52. The fourth-order valence-electron chi connectivity index (χ4n) is 2.12. The van der Waals surface area contributed by atoms with Crippen LogP contribution in [0, 0.1) is 24.0 Å². The van der Waals surface area contributed by atoms with Gasteiger partial charge in [-0.15, -0.1) is 0 Å². The minimum absolute atomic E-state index is 0.471. The van der Waals surface area contributed by atoms with Crippen LogP contribution in [0.3, 0.4) is 0 Å². The number of nitrogens with zero attached hydrogens (tertiary/aromatic N) is 2. The number of aromatic nitrogens is 1. The second kappa shape index (κ2) is 5.69. The maximum Gasteiger partial charge on any atom is 0.235 e. The molecule has 1 aromatic carbocycles. The van der Waals surface area contributed by atoms with Crippen LogP contribution in [0.1, 0.15) is 17.0 Å². The summed E-state index contributed by atoms with van der Waals surface area (Å²) in [5.74, 6) is 0. The Morgan fingerprint density at radius 3 is 2.50 bits per heavy atom. The standard InChI is InChI=1S/C14H12Cl2N2O2/c1-9-7-11(5-6-17(19)20)10(2)18(9)12-3-4-13(15)14(16)8-12/h3-8H,1-2H3/b6-5+. The van der Waals surface area contributed by atoms with Crippen molar-refractivity contribution in [3.8, 4) is 5.69 Å². The minimum Gasteiger partial charge on any atom is -0.318 e. The van der Waals surface area contributed by atoms with Gasteiger partial charge in [0.1, 0.15) is 0 Å². The van der Waals surface area contributed by atoms with Gasteiger partial charge in [0, 0.05) is 28.7 Å². The van der Waals surface area contributed by atoms with Crippen molar-refractivity contribution >= 4 is 29.3 Å². The first kappa shape index (κ1) is 14.6. The number of benzene rings is 1. The number of rotatable bonds is 3. The highest BCUT2D eigenvalue weighted by Crippen LogP contribution is 2.27. The summed E-state index contributed by atoms with van der Waals surface area (Å²) in [5, 5.41) is 11.4. The van der Waals surface area contributed by atoms with Gasteiger partial charge in [0.15, 0.2) is 0 Å².